The van der Waals surface area contributed by atoms with Gasteiger partial charge >= 0.3 is 0 Å². The molecule has 0 saturated heterocycles. The lowest BCUT2D eigenvalue weighted by molar-refractivity contribution is 0.790. The molecule has 0 aliphatic rings. The van der Waals surface area contributed by atoms with Gasteiger partial charge in [0.15, 0.2) is 0 Å². The minimum absolute atomic E-state index is 0.0101. The van der Waals surface area contributed by atoms with Gasteiger partial charge in [-0.25, -0.2) is 4.98 Å². The fourth-order valence-electron chi connectivity index (χ4n) is 1.73. The van der Waals surface area contributed by atoms with Gasteiger partial charge in [-0.15, -0.1) is 11.3 Å². The molecule has 1 heterocycles. The predicted molar refractivity (Wildman–Crippen MR) is 69.6 cm³/mol. The van der Waals surface area contributed by atoms with Crippen molar-refractivity contribution in [2.75, 3.05) is 0 Å². The van der Waals surface area contributed by atoms with E-state index in [1.165, 1.54) is 16.7 Å². The number of rotatable bonds is 2. The lowest BCUT2D eigenvalue weighted by atomic mass is 10.1. The topological polar surface area (TPSA) is 38.9 Å². The smallest absolute Gasteiger partial charge is 0.123 e. The van der Waals surface area contributed by atoms with Crippen molar-refractivity contribution in [1.29, 1.82) is 0 Å². The highest BCUT2D eigenvalue weighted by Gasteiger charge is 2.08. The second kappa shape index (κ2) is 4.36. The predicted octanol–water partition coefficient (Wildman–Crippen LogP) is 3.45. The number of aromatic nitrogens is 1. The van der Waals surface area contributed by atoms with Crippen molar-refractivity contribution >= 4 is 11.3 Å². The van der Waals surface area contributed by atoms with Gasteiger partial charge in [-0.2, -0.15) is 0 Å². The number of nitrogens with zero attached hydrogens (tertiary/aromatic N) is 1. The maximum atomic E-state index is 5.81. The van der Waals surface area contributed by atoms with E-state index in [0.717, 1.165) is 10.7 Å². The van der Waals surface area contributed by atoms with Crippen LogP contribution in [-0.2, 0) is 0 Å². The van der Waals surface area contributed by atoms with Crippen molar-refractivity contribution in [1.82, 2.24) is 4.98 Å². The molecule has 84 valence electrons. The molecule has 1 unspecified atom stereocenters. The monoisotopic (exact) mass is 232 g/mol. The van der Waals surface area contributed by atoms with Crippen LogP contribution in [0.2, 0.25) is 0 Å². The Hall–Kier alpha value is -1.19. The molecule has 0 aliphatic heterocycles. The zero-order chi connectivity index (χ0) is 11.7. The van der Waals surface area contributed by atoms with Crippen LogP contribution in [0.25, 0.3) is 10.6 Å². The van der Waals surface area contributed by atoms with Crippen molar-refractivity contribution in [3.05, 3.63) is 40.4 Å². The molecule has 0 radical (unpaired) electrons. The summed E-state index contributed by atoms with van der Waals surface area (Å²) in [6.45, 7) is 6.17. The van der Waals surface area contributed by atoms with E-state index in [4.69, 9.17) is 5.73 Å². The Morgan fingerprint density at radius 3 is 2.31 bits per heavy atom. The van der Waals surface area contributed by atoms with Crippen LogP contribution in [0.4, 0.5) is 0 Å². The van der Waals surface area contributed by atoms with Crippen LogP contribution < -0.4 is 5.73 Å². The number of thiazole rings is 1. The Kier molecular flexibility index (Phi) is 3.08. The third kappa shape index (κ3) is 2.31. The first-order valence-electron chi connectivity index (χ1n) is 5.36. The van der Waals surface area contributed by atoms with E-state index in [2.05, 4.69) is 37.0 Å². The molecule has 2 rings (SSSR count). The molecule has 1 aromatic carbocycles. The van der Waals surface area contributed by atoms with E-state index in [9.17, 15) is 0 Å². The Morgan fingerprint density at radius 1 is 1.19 bits per heavy atom. The molecular formula is C13H16N2S. The molecule has 0 aliphatic carbocycles. The summed E-state index contributed by atoms with van der Waals surface area (Å²) in [6.07, 6.45) is 0. The van der Waals surface area contributed by atoms with Crippen molar-refractivity contribution in [2.45, 2.75) is 26.8 Å². The molecule has 2 N–H and O–H groups in total. The van der Waals surface area contributed by atoms with Crippen LogP contribution in [0.15, 0.2) is 23.6 Å². The number of nitrogens with two attached hydrogens (primary N) is 1. The fourth-order valence-corrected chi connectivity index (χ4v) is 2.64. The molecule has 0 fully saturated rings. The van der Waals surface area contributed by atoms with Gasteiger partial charge < -0.3 is 5.73 Å². The van der Waals surface area contributed by atoms with Gasteiger partial charge in [-0.05, 0) is 32.9 Å². The van der Waals surface area contributed by atoms with Gasteiger partial charge in [0.2, 0.25) is 0 Å². The molecule has 1 atom stereocenters. The highest BCUT2D eigenvalue weighted by molar-refractivity contribution is 7.13. The quantitative estimate of drug-likeness (QED) is 0.861. The van der Waals surface area contributed by atoms with E-state index < -0.39 is 0 Å². The summed E-state index contributed by atoms with van der Waals surface area (Å²) in [5.74, 6) is 0. The zero-order valence-corrected chi connectivity index (χ0v) is 10.6. The first-order chi connectivity index (χ1) is 7.56. The van der Waals surface area contributed by atoms with Crippen LogP contribution in [0, 0.1) is 13.8 Å². The standard InChI is InChI=1S/C13H16N2S/c1-8-4-9(2)6-11(5-8)13-15-12(7-16-13)10(3)14/h4-7,10H,14H2,1-3H3. The molecular weight excluding hydrogens is 216 g/mol. The molecule has 0 amide bonds. The Balaban J connectivity index is 2.42. The van der Waals surface area contributed by atoms with Crippen molar-refractivity contribution in [3.8, 4) is 10.6 Å². The van der Waals surface area contributed by atoms with Crippen LogP contribution >= 0.6 is 11.3 Å². The fraction of sp³-hybridized carbons (Fsp3) is 0.308. The molecule has 2 nitrogen and oxygen atoms in total. The molecule has 2 aromatic rings. The van der Waals surface area contributed by atoms with Crippen molar-refractivity contribution < 1.29 is 0 Å². The van der Waals surface area contributed by atoms with Crippen LogP contribution in [0.3, 0.4) is 0 Å². The molecule has 1 aromatic heterocycles. The van der Waals surface area contributed by atoms with Crippen LogP contribution in [0.1, 0.15) is 29.8 Å². The van der Waals surface area contributed by atoms with E-state index in [-0.39, 0.29) is 6.04 Å². The molecule has 3 heteroatoms. The maximum Gasteiger partial charge on any atom is 0.123 e. The molecule has 0 spiro atoms. The number of hydrogen-bond acceptors (Lipinski definition) is 3. The van der Waals surface area contributed by atoms with Gasteiger partial charge in [0, 0.05) is 17.0 Å². The van der Waals surface area contributed by atoms with Crippen LogP contribution in [0.5, 0.6) is 0 Å². The van der Waals surface area contributed by atoms with Gasteiger partial charge in [-0.1, -0.05) is 17.2 Å². The summed E-state index contributed by atoms with van der Waals surface area (Å²) < 4.78 is 0. The third-order valence-corrected chi connectivity index (χ3v) is 3.37. The number of aryl methyl sites for hydroxylation is 2. The van der Waals surface area contributed by atoms with Gasteiger partial charge in [0.05, 0.1) is 5.69 Å². The normalized spacial score (nSPS) is 12.8. The van der Waals surface area contributed by atoms with E-state index in [0.29, 0.717) is 0 Å². The Morgan fingerprint density at radius 2 is 1.81 bits per heavy atom. The van der Waals surface area contributed by atoms with Crippen molar-refractivity contribution in [3.63, 3.8) is 0 Å². The summed E-state index contributed by atoms with van der Waals surface area (Å²) in [4.78, 5) is 4.56. The lowest BCUT2D eigenvalue weighted by Crippen LogP contribution is -2.04. The SMILES string of the molecule is Cc1cc(C)cc(-c2nc(C(C)N)cs2)c1. The van der Waals surface area contributed by atoms with Crippen molar-refractivity contribution in [2.24, 2.45) is 5.73 Å². The zero-order valence-electron chi connectivity index (χ0n) is 9.82. The van der Waals surface area contributed by atoms with E-state index in [1.807, 2.05) is 12.3 Å². The molecule has 0 bridgehead atoms. The second-order valence-corrected chi connectivity index (χ2v) is 5.10. The highest BCUT2D eigenvalue weighted by Crippen LogP contribution is 2.27. The molecule has 0 saturated carbocycles. The average molecular weight is 232 g/mol. The summed E-state index contributed by atoms with van der Waals surface area (Å²) >= 11 is 1.66. The number of hydrogen-bond donors (Lipinski definition) is 1. The minimum Gasteiger partial charge on any atom is -0.323 e. The number of benzene rings is 1. The van der Waals surface area contributed by atoms with Gasteiger partial charge in [-0.3, -0.25) is 0 Å². The maximum absolute atomic E-state index is 5.81. The second-order valence-electron chi connectivity index (χ2n) is 4.24. The lowest BCUT2D eigenvalue weighted by Gasteiger charge is -2.02. The van der Waals surface area contributed by atoms with E-state index >= 15 is 0 Å². The Bertz CT molecular complexity index is 480. The summed E-state index contributed by atoms with van der Waals surface area (Å²) in [6, 6.07) is 6.51. The first-order valence-corrected chi connectivity index (χ1v) is 6.24. The first kappa shape index (κ1) is 11.3. The highest BCUT2D eigenvalue weighted by atomic mass is 32.1. The van der Waals surface area contributed by atoms with E-state index in [1.54, 1.807) is 11.3 Å². The molecule has 16 heavy (non-hydrogen) atoms. The summed E-state index contributed by atoms with van der Waals surface area (Å²) in [5, 5.41) is 3.09. The summed E-state index contributed by atoms with van der Waals surface area (Å²) in [7, 11) is 0. The minimum atomic E-state index is 0.0101. The summed E-state index contributed by atoms with van der Waals surface area (Å²) in [5.41, 5.74) is 10.5. The third-order valence-electron chi connectivity index (χ3n) is 2.46. The largest absolute Gasteiger partial charge is 0.323 e. The average Bonchev–Trinajstić information content (AvgIpc) is 2.64. The van der Waals surface area contributed by atoms with Gasteiger partial charge in [0.25, 0.3) is 0 Å². The Labute approximate surface area is 100 Å². The van der Waals surface area contributed by atoms with Gasteiger partial charge in [0.1, 0.15) is 5.01 Å². The van der Waals surface area contributed by atoms with Crippen LogP contribution in [-0.4, -0.2) is 4.98 Å².